The highest BCUT2D eigenvalue weighted by Gasteiger charge is 2.26. The average molecular weight is 638 g/mol. The molecule has 0 aliphatic rings. The molecule has 5 nitrogen and oxygen atoms in total. The molecule has 0 aromatic carbocycles. The predicted molar refractivity (Wildman–Crippen MR) is 195 cm³/mol. The Morgan fingerprint density at radius 3 is 1.29 bits per heavy atom. The van der Waals surface area contributed by atoms with Crippen molar-refractivity contribution >= 4 is 5.91 Å². The zero-order chi connectivity index (χ0) is 33.1. The molecule has 0 bridgehead atoms. The number of unbranched alkanes of at least 4 members (excludes halogenated alkanes) is 26. The molecule has 3 unspecified atom stereocenters. The number of aliphatic hydroxyl groups excluding tert-OH is 3. The van der Waals surface area contributed by atoms with Crippen LogP contribution < -0.4 is 5.32 Å². The minimum Gasteiger partial charge on any atom is -0.394 e. The SMILES string of the molecule is CCCCCC/C=C\CCCC(=O)NC(CO)C(O)C(O)CCCCCCCCCCCCCCCCCCCCCCCC. The second-order valence-electron chi connectivity index (χ2n) is 13.8. The molecule has 268 valence electrons. The fourth-order valence-electron chi connectivity index (χ4n) is 6.22. The van der Waals surface area contributed by atoms with Crippen LogP contribution in [0.3, 0.4) is 0 Å². The van der Waals surface area contributed by atoms with Crippen molar-refractivity contribution in [2.45, 2.75) is 231 Å². The van der Waals surface area contributed by atoms with Gasteiger partial charge in [-0.2, -0.15) is 0 Å². The summed E-state index contributed by atoms with van der Waals surface area (Å²) in [6.07, 6.45) is 40.5. The number of amides is 1. The smallest absolute Gasteiger partial charge is 0.220 e. The summed E-state index contributed by atoms with van der Waals surface area (Å²) in [5.41, 5.74) is 0. The van der Waals surface area contributed by atoms with Gasteiger partial charge in [-0.3, -0.25) is 4.79 Å². The van der Waals surface area contributed by atoms with Gasteiger partial charge in [-0.05, 0) is 32.1 Å². The number of carbonyl (C=O) groups excluding carboxylic acids is 1. The summed E-state index contributed by atoms with van der Waals surface area (Å²) in [6, 6.07) is -0.818. The number of rotatable bonds is 36. The van der Waals surface area contributed by atoms with E-state index >= 15 is 0 Å². The van der Waals surface area contributed by atoms with E-state index in [4.69, 9.17) is 0 Å². The maximum absolute atomic E-state index is 12.3. The number of carbonyl (C=O) groups is 1. The van der Waals surface area contributed by atoms with Gasteiger partial charge in [0, 0.05) is 6.42 Å². The first-order valence-corrected chi connectivity index (χ1v) is 20.0. The number of nitrogens with one attached hydrogen (secondary N) is 1. The van der Waals surface area contributed by atoms with E-state index in [1.165, 1.54) is 148 Å². The largest absolute Gasteiger partial charge is 0.394 e. The van der Waals surface area contributed by atoms with Crippen molar-refractivity contribution in [2.24, 2.45) is 0 Å². The molecule has 5 heteroatoms. The van der Waals surface area contributed by atoms with Crippen LogP contribution in [-0.2, 0) is 4.79 Å². The zero-order valence-corrected chi connectivity index (χ0v) is 30.3. The predicted octanol–water partition coefficient (Wildman–Crippen LogP) is 10.9. The molecule has 0 saturated heterocycles. The van der Waals surface area contributed by atoms with E-state index in [1.807, 2.05) is 0 Å². The Hall–Kier alpha value is -0.910. The average Bonchev–Trinajstić information content (AvgIpc) is 3.04. The summed E-state index contributed by atoms with van der Waals surface area (Å²) in [5, 5.41) is 33.3. The molecule has 0 aromatic rings. The van der Waals surface area contributed by atoms with E-state index in [-0.39, 0.29) is 12.5 Å². The van der Waals surface area contributed by atoms with E-state index in [0.717, 1.165) is 38.5 Å². The van der Waals surface area contributed by atoms with Crippen LogP contribution in [0.4, 0.5) is 0 Å². The van der Waals surface area contributed by atoms with E-state index in [1.54, 1.807) is 0 Å². The third-order valence-corrected chi connectivity index (χ3v) is 9.37. The van der Waals surface area contributed by atoms with E-state index in [2.05, 4.69) is 31.3 Å². The molecule has 0 heterocycles. The van der Waals surface area contributed by atoms with Gasteiger partial charge in [0.05, 0.1) is 18.8 Å². The number of allylic oxidation sites excluding steroid dienone is 2. The Kier molecular flexibility index (Phi) is 35.2. The lowest BCUT2D eigenvalue weighted by atomic mass is 9.99. The first kappa shape index (κ1) is 44.1. The van der Waals surface area contributed by atoms with Crippen molar-refractivity contribution in [3.63, 3.8) is 0 Å². The highest BCUT2D eigenvalue weighted by atomic mass is 16.3. The van der Waals surface area contributed by atoms with E-state index < -0.39 is 18.2 Å². The van der Waals surface area contributed by atoms with Crippen LogP contribution in [-0.4, -0.2) is 46.1 Å². The lowest BCUT2D eigenvalue weighted by Gasteiger charge is -2.26. The van der Waals surface area contributed by atoms with Crippen LogP contribution in [0, 0.1) is 0 Å². The monoisotopic (exact) mass is 638 g/mol. The van der Waals surface area contributed by atoms with Crippen LogP contribution in [0.15, 0.2) is 12.2 Å². The van der Waals surface area contributed by atoms with Crippen LogP contribution >= 0.6 is 0 Å². The maximum Gasteiger partial charge on any atom is 0.220 e. The standard InChI is InChI=1S/C40H79NO4/c1-3-5-7-9-11-13-14-15-16-17-18-19-20-21-22-23-24-25-27-28-30-32-34-38(43)40(45)37(36-42)41-39(44)35-33-31-29-26-12-10-8-6-4-2/h26,29,37-38,40,42-43,45H,3-25,27-28,30-36H2,1-2H3,(H,41,44)/b29-26-. The first-order chi connectivity index (χ1) is 22.1. The molecule has 0 aromatic heterocycles. The van der Waals surface area contributed by atoms with Gasteiger partial charge in [0.25, 0.3) is 0 Å². The fraction of sp³-hybridized carbons (Fsp3) is 0.925. The number of hydrogen-bond acceptors (Lipinski definition) is 4. The Balaban J connectivity index is 3.57. The molecule has 0 radical (unpaired) electrons. The van der Waals surface area contributed by atoms with Crippen molar-refractivity contribution in [1.82, 2.24) is 5.32 Å². The third-order valence-electron chi connectivity index (χ3n) is 9.37. The van der Waals surface area contributed by atoms with Gasteiger partial charge in [0.1, 0.15) is 6.10 Å². The van der Waals surface area contributed by atoms with Gasteiger partial charge in [0.2, 0.25) is 5.91 Å². The summed E-state index contributed by atoms with van der Waals surface area (Å²) in [6.45, 7) is 4.13. The highest BCUT2D eigenvalue weighted by molar-refractivity contribution is 5.76. The Morgan fingerprint density at radius 1 is 0.533 bits per heavy atom. The Labute approximate surface area is 280 Å². The number of hydrogen-bond donors (Lipinski definition) is 4. The second-order valence-corrected chi connectivity index (χ2v) is 13.8. The minimum atomic E-state index is -1.14. The fourth-order valence-corrected chi connectivity index (χ4v) is 6.22. The van der Waals surface area contributed by atoms with Crippen molar-refractivity contribution in [3.8, 4) is 0 Å². The van der Waals surface area contributed by atoms with Gasteiger partial charge in [0.15, 0.2) is 0 Å². The lowest BCUT2D eigenvalue weighted by Crippen LogP contribution is -2.50. The molecule has 0 aliphatic carbocycles. The van der Waals surface area contributed by atoms with Crippen molar-refractivity contribution < 1.29 is 20.1 Å². The summed E-state index contributed by atoms with van der Waals surface area (Å²) >= 11 is 0. The number of aliphatic hydroxyl groups is 3. The lowest BCUT2D eigenvalue weighted by molar-refractivity contribution is -0.124. The van der Waals surface area contributed by atoms with E-state index in [0.29, 0.717) is 12.8 Å². The molecular weight excluding hydrogens is 558 g/mol. The summed E-state index contributed by atoms with van der Waals surface area (Å²) in [7, 11) is 0. The quantitative estimate of drug-likeness (QED) is 0.0406. The van der Waals surface area contributed by atoms with Gasteiger partial charge in [-0.1, -0.05) is 187 Å². The van der Waals surface area contributed by atoms with Crippen LogP contribution in [0.1, 0.15) is 213 Å². The third kappa shape index (κ3) is 31.5. The summed E-state index contributed by atoms with van der Waals surface area (Å²) in [5.74, 6) is -0.180. The minimum absolute atomic E-state index is 0.180. The highest BCUT2D eigenvalue weighted by Crippen LogP contribution is 2.16. The Bertz CT molecular complexity index is 625. The molecule has 0 aliphatic heterocycles. The van der Waals surface area contributed by atoms with Gasteiger partial charge < -0.3 is 20.6 Å². The summed E-state index contributed by atoms with van der Waals surface area (Å²) in [4.78, 5) is 12.3. The molecule has 1 amide bonds. The molecule has 4 N–H and O–H groups in total. The van der Waals surface area contributed by atoms with E-state index in [9.17, 15) is 20.1 Å². The topological polar surface area (TPSA) is 89.8 Å². The van der Waals surface area contributed by atoms with Gasteiger partial charge >= 0.3 is 0 Å². The van der Waals surface area contributed by atoms with Crippen molar-refractivity contribution in [1.29, 1.82) is 0 Å². The Morgan fingerprint density at radius 2 is 0.889 bits per heavy atom. The van der Waals surface area contributed by atoms with Crippen LogP contribution in [0.5, 0.6) is 0 Å². The molecule has 45 heavy (non-hydrogen) atoms. The van der Waals surface area contributed by atoms with Crippen molar-refractivity contribution in [2.75, 3.05) is 6.61 Å². The van der Waals surface area contributed by atoms with Crippen molar-refractivity contribution in [3.05, 3.63) is 12.2 Å². The maximum atomic E-state index is 12.3. The second kappa shape index (κ2) is 35.9. The molecular formula is C40H79NO4. The van der Waals surface area contributed by atoms with Crippen LogP contribution in [0.2, 0.25) is 0 Å². The van der Waals surface area contributed by atoms with Gasteiger partial charge in [-0.25, -0.2) is 0 Å². The van der Waals surface area contributed by atoms with Gasteiger partial charge in [-0.15, -0.1) is 0 Å². The van der Waals surface area contributed by atoms with Crippen LogP contribution in [0.25, 0.3) is 0 Å². The molecule has 0 spiro atoms. The molecule has 0 saturated carbocycles. The normalized spacial score (nSPS) is 13.8. The first-order valence-electron chi connectivity index (χ1n) is 20.0. The summed E-state index contributed by atoms with van der Waals surface area (Å²) < 4.78 is 0. The molecule has 3 atom stereocenters. The molecule has 0 rings (SSSR count). The zero-order valence-electron chi connectivity index (χ0n) is 30.3. The molecule has 0 fully saturated rings.